The van der Waals surface area contributed by atoms with Gasteiger partial charge in [-0.1, -0.05) is 44.2 Å². The lowest BCUT2D eigenvalue weighted by Gasteiger charge is -2.30. The van der Waals surface area contributed by atoms with E-state index in [4.69, 9.17) is 9.73 Å². The Hall–Kier alpha value is -1.59. The maximum absolute atomic E-state index is 5.80. The van der Waals surface area contributed by atoms with Crippen LogP contribution in [0, 0.1) is 0 Å². The first-order valence-corrected chi connectivity index (χ1v) is 8.89. The van der Waals surface area contributed by atoms with E-state index in [1.807, 2.05) is 0 Å². The van der Waals surface area contributed by atoms with Gasteiger partial charge in [0.25, 0.3) is 0 Å². The number of guanidine groups is 1. The molecular formula is C19H32N4O. The molecule has 5 nitrogen and oxygen atoms in total. The molecule has 0 bridgehead atoms. The van der Waals surface area contributed by atoms with Gasteiger partial charge in [0.2, 0.25) is 0 Å². The van der Waals surface area contributed by atoms with Crippen LogP contribution < -0.4 is 10.6 Å². The quantitative estimate of drug-likeness (QED) is 0.617. The Balaban J connectivity index is 1.92. The predicted octanol–water partition coefficient (Wildman–Crippen LogP) is 1.85. The molecule has 0 spiro atoms. The minimum atomic E-state index is 0.00513. The van der Waals surface area contributed by atoms with Gasteiger partial charge in [0.05, 0.1) is 19.3 Å². The lowest BCUT2D eigenvalue weighted by molar-refractivity contribution is -0.0161. The Labute approximate surface area is 146 Å². The summed E-state index contributed by atoms with van der Waals surface area (Å²) >= 11 is 0. The number of rotatable bonds is 6. The van der Waals surface area contributed by atoms with Gasteiger partial charge < -0.3 is 20.3 Å². The van der Waals surface area contributed by atoms with Crippen LogP contribution in [0.4, 0.5) is 0 Å². The molecule has 1 fully saturated rings. The van der Waals surface area contributed by atoms with Crippen molar-refractivity contribution in [1.82, 2.24) is 15.5 Å². The number of nitrogens with one attached hydrogen (secondary N) is 2. The summed E-state index contributed by atoms with van der Waals surface area (Å²) in [4.78, 5) is 7.09. The summed E-state index contributed by atoms with van der Waals surface area (Å²) in [5.41, 5.74) is 1.31. The number of nitrogens with zero attached hydrogens (tertiary/aromatic N) is 2. The van der Waals surface area contributed by atoms with Gasteiger partial charge in [0, 0.05) is 31.6 Å². The molecule has 134 valence electrons. The Bertz CT molecular complexity index is 515. The summed E-state index contributed by atoms with van der Waals surface area (Å²) in [6.07, 6.45) is 0.217. The molecular weight excluding hydrogens is 300 g/mol. The van der Waals surface area contributed by atoms with Crippen LogP contribution in [0.2, 0.25) is 0 Å². The monoisotopic (exact) mass is 332 g/mol. The van der Waals surface area contributed by atoms with Crippen LogP contribution in [0.1, 0.15) is 26.3 Å². The van der Waals surface area contributed by atoms with Gasteiger partial charge in [-0.25, -0.2) is 0 Å². The number of aliphatic imine (C=N–C) groups is 1. The highest BCUT2D eigenvalue weighted by atomic mass is 16.5. The first-order valence-electron chi connectivity index (χ1n) is 8.89. The van der Waals surface area contributed by atoms with Gasteiger partial charge in [-0.15, -0.1) is 0 Å². The lowest BCUT2D eigenvalue weighted by Crippen LogP contribution is -2.48. The van der Waals surface area contributed by atoms with Gasteiger partial charge in [-0.3, -0.25) is 4.99 Å². The van der Waals surface area contributed by atoms with Crippen LogP contribution in [0.15, 0.2) is 35.3 Å². The summed E-state index contributed by atoms with van der Waals surface area (Å²) < 4.78 is 5.80. The Morgan fingerprint density at radius 3 is 2.71 bits per heavy atom. The minimum absolute atomic E-state index is 0.00513. The second-order valence-corrected chi connectivity index (χ2v) is 7.08. The zero-order valence-corrected chi connectivity index (χ0v) is 15.5. The van der Waals surface area contributed by atoms with Gasteiger partial charge >= 0.3 is 0 Å². The highest BCUT2D eigenvalue weighted by Gasteiger charge is 2.21. The zero-order chi connectivity index (χ0) is 17.4. The molecule has 2 rings (SSSR count). The Morgan fingerprint density at radius 2 is 2.04 bits per heavy atom. The van der Waals surface area contributed by atoms with Gasteiger partial charge in [0.1, 0.15) is 0 Å². The zero-order valence-electron chi connectivity index (χ0n) is 15.5. The average Bonchev–Trinajstić information content (AvgIpc) is 2.58. The van der Waals surface area contributed by atoms with E-state index in [1.165, 1.54) is 5.56 Å². The van der Waals surface area contributed by atoms with E-state index in [0.29, 0.717) is 0 Å². The lowest BCUT2D eigenvalue weighted by atomic mass is 9.85. The van der Waals surface area contributed by atoms with E-state index in [0.717, 1.165) is 45.3 Å². The van der Waals surface area contributed by atoms with Crippen LogP contribution in [-0.2, 0) is 10.2 Å². The van der Waals surface area contributed by atoms with E-state index in [-0.39, 0.29) is 11.5 Å². The molecule has 0 radical (unpaired) electrons. The molecule has 1 atom stereocenters. The molecule has 0 aliphatic carbocycles. The molecule has 1 saturated heterocycles. The van der Waals surface area contributed by atoms with Crippen LogP contribution in [0.25, 0.3) is 0 Å². The van der Waals surface area contributed by atoms with Crippen molar-refractivity contribution in [2.75, 3.05) is 46.4 Å². The summed E-state index contributed by atoms with van der Waals surface area (Å²) in [5.74, 6) is 0.860. The van der Waals surface area contributed by atoms with E-state index >= 15 is 0 Å². The Morgan fingerprint density at radius 1 is 1.29 bits per heavy atom. The van der Waals surface area contributed by atoms with Crippen LogP contribution in [-0.4, -0.2) is 63.3 Å². The fourth-order valence-electron chi connectivity index (χ4n) is 2.80. The number of likely N-dealkylation sites (N-methyl/N-ethyl adjacent to an activating group) is 1. The van der Waals surface area contributed by atoms with Crippen molar-refractivity contribution in [2.24, 2.45) is 4.99 Å². The normalized spacial score (nSPS) is 20.0. The van der Waals surface area contributed by atoms with Crippen LogP contribution in [0.3, 0.4) is 0 Å². The van der Waals surface area contributed by atoms with Crippen molar-refractivity contribution in [1.29, 1.82) is 0 Å². The van der Waals surface area contributed by atoms with Crippen molar-refractivity contribution in [2.45, 2.75) is 32.3 Å². The van der Waals surface area contributed by atoms with Crippen LogP contribution in [0.5, 0.6) is 0 Å². The number of ether oxygens (including phenoxy) is 1. The smallest absolute Gasteiger partial charge is 0.191 e. The second kappa shape index (κ2) is 9.04. The molecule has 1 aliphatic rings. The SMILES string of the molecule is CCNC(=NCC(C)(C)c1ccccc1)NCC1CN(C)CCO1. The number of hydrogen-bond acceptors (Lipinski definition) is 3. The molecule has 1 aromatic carbocycles. The minimum Gasteiger partial charge on any atom is -0.374 e. The second-order valence-electron chi connectivity index (χ2n) is 7.08. The van der Waals surface area contributed by atoms with Crippen molar-refractivity contribution in [3.8, 4) is 0 Å². The van der Waals surface area contributed by atoms with E-state index in [9.17, 15) is 0 Å². The third-order valence-electron chi connectivity index (χ3n) is 4.37. The maximum Gasteiger partial charge on any atom is 0.191 e. The topological polar surface area (TPSA) is 48.9 Å². The molecule has 0 aromatic heterocycles. The van der Waals surface area contributed by atoms with Crippen molar-refractivity contribution < 1.29 is 4.74 Å². The first kappa shape index (κ1) is 18.7. The number of benzene rings is 1. The molecule has 1 aromatic rings. The Kier molecular flexibility index (Phi) is 7.06. The van der Waals surface area contributed by atoms with Gasteiger partial charge in [-0.2, -0.15) is 0 Å². The summed E-state index contributed by atoms with van der Waals surface area (Å²) in [7, 11) is 2.14. The molecule has 2 N–H and O–H groups in total. The molecule has 1 heterocycles. The van der Waals surface area contributed by atoms with E-state index in [1.54, 1.807) is 0 Å². The fraction of sp³-hybridized carbons (Fsp3) is 0.632. The van der Waals surface area contributed by atoms with Gasteiger partial charge in [-0.05, 0) is 19.5 Å². The fourth-order valence-corrected chi connectivity index (χ4v) is 2.80. The third-order valence-corrected chi connectivity index (χ3v) is 4.37. The van der Waals surface area contributed by atoms with Crippen molar-refractivity contribution in [3.05, 3.63) is 35.9 Å². The summed E-state index contributed by atoms with van der Waals surface area (Å²) in [5, 5.41) is 6.75. The summed E-state index contributed by atoms with van der Waals surface area (Å²) in [6.45, 7) is 11.7. The van der Waals surface area contributed by atoms with E-state index < -0.39 is 0 Å². The van der Waals surface area contributed by atoms with Crippen LogP contribution >= 0.6 is 0 Å². The largest absolute Gasteiger partial charge is 0.374 e. The highest BCUT2D eigenvalue weighted by molar-refractivity contribution is 5.79. The highest BCUT2D eigenvalue weighted by Crippen LogP contribution is 2.22. The molecule has 1 unspecified atom stereocenters. The average molecular weight is 332 g/mol. The molecule has 24 heavy (non-hydrogen) atoms. The van der Waals surface area contributed by atoms with E-state index in [2.05, 4.69) is 73.7 Å². The predicted molar refractivity (Wildman–Crippen MR) is 101 cm³/mol. The van der Waals surface area contributed by atoms with Crippen molar-refractivity contribution in [3.63, 3.8) is 0 Å². The molecule has 0 amide bonds. The molecule has 5 heteroatoms. The number of hydrogen-bond donors (Lipinski definition) is 2. The first-order chi connectivity index (χ1) is 11.5. The summed E-state index contributed by atoms with van der Waals surface area (Å²) in [6, 6.07) is 10.6. The standard InChI is InChI=1S/C19H32N4O/c1-5-20-18(21-13-17-14-23(4)11-12-24-17)22-15-19(2,3)16-9-7-6-8-10-16/h6-10,17H,5,11-15H2,1-4H3,(H2,20,21,22). The number of morpholine rings is 1. The molecule has 1 aliphatic heterocycles. The third kappa shape index (κ3) is 5.80. The maximum atomic E-state index is 5.80. The van der Waals surface area contributed by atoms with Gasteiger partial charge in [0.15, 0.2) is 5.96 Å². The van der Waals surface area contributed by atoms with Crippen molar-refractivity contribution >= 4 is 5.96 Å². The molecule has 0 saturated carbocycles.